The van der Waals surface area contributed by atoms with Gasteiger partial charge in [-0.1, -0.05) is 375 Å². The molecule has 0 amide bonds. The number of hydrogen-bond donors (Lipinski definition) is 0. The molecule has 0 N–H and O–H groups in total. The Hall–Kier alpha value is -18.0. The van der Waals surface area contributed by atoms with Gasteiger partial charge < -0.3 is 32.4 Å². The molecule has 0 atom stereocenters. The van der Waals surface area contributed by atoms with E-state index in [1.807, 2.05) is 30.3 Å². The summed E-state index contributed by atoms with van der Waals surface area (Å²) < 4.78 is 26.2. The lowest BCUT2D eigenvalue weighted by Crippen LogP contribution is -2.16. The lowest BCUT2D eigenvalue weighted by molar-refractivity contribution is 0.653. The van der Waals surface area contributed by atoms with E-state index < -0.39 is 0 Å². The van der Waals surface area contributed by atoms with Crippen molar-refractivity contribution in [2.75, 3.05) is 14.7 Å². The molecule has 0 unspecified atom stereocenters. The molecular weight excluding hydrogens is 1750 g/mol. The van der Waals surface area contributed by atoms with Gasteiger partial charge in [0.1, 0.15) is 44.7 Å². The number of rotatable bonds is 13. The van der Waals surface area contributed by atoms with Gasteiger partial charge in [0.05, 0.1) is 0 Å². The van der Waals surface area contributed by atoms with Gasteiger partial charge in [0.25, 0.3) is 0 Å². The summed E-state index contributed by atoms with van der Waals surface area (Å²) in [5.41, 5.74) is 42.1. The Morgan fingerprint density at radius 1 is 0.167 bits per heavy atom. The van der Waals surface area contributed by atoms with Crippen LogP contribution in [-0.4, -0.2) is 0 Å². The number of benzene rings is 22. The van der Waals surface area contributed by atoms with Gasteiger partial charge in [-0.05, 0) is 256 Å². The van der Waals surface area contributed by atoms with Crippen LogP contribution >= 0.6 is 0 Å². The van der Waals surface area contributed by atoms with Crippen LogP contribution < -0.4 is 14.7 Å². The van der Waals surface area contributed by atoms with E-state index in [4.69, 9.17) is 17.7 Å². The summed E-state index contributed by atoms with van der Waals surface area (Å²) >= 11 is 0. The molecule has 26 aromatic rings. The van der Waals surface area contributed by atoms with Crippen LogP contribution in [0.3, 0.4) is 0 Å². The Morgan fingerprint density at radius 2 is 0.521 bits per heavy atom. The van der Waals surface area contributed by atoms with Crippen LogP contribution in [0.25, 0.3) is 187 Å². The van der Waals surface area contributed by atoms with Crippen molar-refractivity contribution in [1.82, 2.24) is 0 Å². The van der Waals surface area contributed by atoms with Crippen molar-refractivity contribution in [1.29, 1.82) is 0 Å². The number of anilines is 9. The molecule has 29 rings (SSSR count). The minimum atomic E-state index is -0.216. The lowest BCUT2D eigenvalue weighted by Gasteiger charge is -2.28. The molecule has 0 aliphatic heterocycles. The number of para-hydroxylation sites is 5. The van der Waals surface area contributed by atoms with Gasteiger partial charge in [0.15, 0.2) is 0 Å². The smallest absolute Gasteiger partial charge is 0.143 e. The Bertz CT molecular complexity index is 9580. The summed E-state index contributed by atoms with van der Waals surface area (Å²) in [6.07, 6.45) is 0. The van der Waals surface area contributed by atoms with Crippen molar-refractivity contribution in [3.05, 3.63) is 513 Å². The highest BCUT2D eigenvalue weighted by Gasteiger charge is 2.42. The fourth-order valence-electron chi connectivity index (χ4n) is 23.7. The molecule has 4 heterocycles. The molecule has 7 heteroatoms. The lowest BCUT2D eigenvalue weighted by atomic mass is 9.80. The van der Waals surface area contributed by atoms with E-state index in [0.717, 1.165) is 150 Å². The molecule has 3 aliphatic carbocycles. The molecule has 0 spiro atoms. The number of nitrogens with zero attached hydrogens (tertiary/aromatic N) is 3. The third kappa shape index (κ3) is 13.9. The summed E-state index contributed by atoms with van der Waals surface area (Å²) in [5.74, 6) is 0. The monoisotopic (exact) mass is 1850 g/mol. The molecule has 0 fully saturated rings. The van der Waals surface area contributed by atoms with Crippen LogP contribution in [0.15, 0.2) is 497 Å². The summed E-state index contributed by atoms with van der Waals surface area (Å²) in [5, 5.41) is 14.0. The van der Waals surface area contributed by atoms with E-state index in [2.05, 4.69) is 505 Å². The zero-order valence-corrected chi connectivity index (χ0v) is 80.6. The van der Waals surface area contributed by atoms with Crippen LogP contribution in [0.2, 0.25) is 0 Å². The second-order valence-corrected chi connectivity index (χ2v) is 40.1. The van der Waals surface area contributed by atoms with Crippen LogP contribution in [0, 0.1) is 0 Å². The van der Waals surface area contributed by atoms with E-state index >= 15 is 0 Å². The third-order valence-corrected chi connectivity index (χ3v) is 30.8. The van der Waals surface area contributed by atoms with E-state index in [0.29, 0.717) is 0 Å². The van der Waals surface area contributed by atoms with Crippen molar-refractivity contribution in [2.24, 2.45) is 0 Å². The van der Waals surface area contributed by atoms with Gasteiger partial charge in [-0.2, -0.15) is 0 Å². The maximum absolute atomic E-state index is 6.73. The highest BCUT2D eigenvalue weighted by atomic mass is 16.3. The fourth-order valence-corrected chi connectivity index (χ4v) is 23.7. The summed E-state index contributed by atoms with van der Waals surface area (Å²) in [7, 11) is 0. The van der Waals surface area contributed by atoms with Crippen molar-refractivity contribution in [3.63, 3.8) is 0 Å². The van der Waals surface area contributed by atoms with Gasteiger partial charge >= 0.3 is 0 Å². The second-order valence-electron chi connectivity index (χ2n) is 40.1. The van der Waals surface area contributed by atoms with Crippen molar-refractivity contribution in [3.8, 4) is 77.9 Å². The molecule has 7 nitrogen and oxygen atoms in total. The molecule has 0 bridgehead atoms. The van der Waals surface area contributed by atoms with E-state index in [-0.39, 0.29) is 16.2 Å². The molecule has 144 heavy (non-hydrogen) atoms. The van der Waals surface area contributed by atoms with Crippen molar-refractivity contribution >= 4 is 160 Å². The van der Waals surface area contributed by atoms with Gasteiger partial charge in [-0.3, -0.25) is 0 Å². The molecule has 0 radical (unpaired) electrons. The quantitative estimate of drug-likeness (QED) is 0.107. The Labute approximate surface area is 835 Å². The van der Waals surface area contributed by atoms with Gasteiger partial charge in [-0.25, -0.2) is 0 Å². The van der Waals surface area contributed by atoms with Crippen LogP contribution in [0.5, 0.6) is 0 Å². The van der Waals surface area contributed by atoms with E-state index in [9.17, 15) is 0 Å². The largest absolute Gasteiger partial charge is 0.456 e. The zero-order valence-electron chi connectivity index (χ0n) is 80.6. The summed E-state index contributed by atoms with van der Waals surface area (Å²) in [4.78, 5) is 7.07. The zero-order chi connectivity index (χ0) is 96.2. The maximum atomic E-state index is 6.73. The first-order chi connectivity index (χ1) is 70.7. The van der Waals surface area contributed by atoms with E-state index in [1.54, 1.807) is 0 Å². The third-order valence-electron chi connectivity index (χ3n) is 30.8. The molecule has 0 saturated carbocycles. The SMILES string of the molecule is CC1(C)c2cc(N(c3ccc(-c4ccccc4)cc3)c3ccc(-c4cccc5c4oc4ccccc45)cc3)ccc2-c2c1ccc1c2oc2ccccc21.CC1(C)c2ccccc2-c2ccc(N(c3ccc(-c4ccccc4)cc3)c3ccc4c(c3)oc3ccc5c(c34)C(C)(C)c3ccccc3-5)cc21.c1ccc(-c2ccc(N(c3ccccc3)c3ccc4c(ccc5ccc6c7ccccc7oc6c54)c3)cc2)cc1. The Balaban J connectivity index is 0.000000109. The summed E-state index contributed by atoms with van der Waals surface area (Å²) in [6.45, 7) is 14.1. The predicted molar refractivity (Wildman–Crippen MR) is 602 cm³/mol. The minimum Gasteiger partial charge on any atom is -0.456 e. The van der Waals surface area contributed by atoms with E-state index in [1.165, 1.54) is 122 Å². The molecule has 4 aromatic heterocycles. The normalized spacial score (nSPS) is 13.2. The Kier molecular flexibility index (Phi) is 19.9. The number of furan rings is 4. The predicted octanol–water partition coefficient (Wildman–Crippen LogP) is 39.0. The molecule has 0 saturated heterocycles. The fraction of sp³-hybridized carbons (Fsp3) is 0.0657. The van der Waals surface area contributed by atoms with Crippen molar-refractivity contribution < 1.29 is 17.7 Å². The standard InChI is InChI=1S/C51H35NO2.C48H37NO.C38H25NO/c1-51(2)44-30-29-42-40-14-7-9-18-47(40)54-50(42)48(44)43-28-27-37(31-45(43)51)52(35-23-19-33(20-24-35)32-11-4-3-5-12-32)36-25-21-34(22-26-36)38-15-10-16-41-39-13-6-8-17-46(39)53-49(38)41;1-47(2)40-16-10-8-14-35(40)37-24-22-33(28-42(37)47)49(32-20-18-31(19-21-32)30-12-6-5-7-13-30)34-23-25-39-44(29-34)50-43-27-26-38-36-15-9-11-17-41(36)48(3,4)46(38)45(39)43;1-3-9-26(10-4-1)27-17-20-31(21-18-27)39(30-11-5-2-6-12-30)32-22-24-33-29(25-32)16-15-28-19-23-35-34-13-7-8-14-36(34)40-38(35)37(28)33/h3-31H,1-2H3;5-29H,1-4H3;1-25H. The first-order valence-electron chi connectivity index (χ1n) is 49.8. The maximum Gasteiger partial charge on any atom is 0.143 e. The van der Waals surface area contributed by atoms with Gasteiger partial charge in [0, 0.05) is 133 Å². The van der Waals surface area contributed by atoms with Crippen molar-refractivity contribution in [2.45, 2.75) is 57.8 Å². The minimum absolute atomic E-state index is 0.0990. The topological polar surface area (TPSA) is 62.3 Å². The van der Waals surface area contributed by atoms with Crippen LogP contribution in [0.1, 0.15) is 74.9 Å². The number of fused-ring (bicyclic) bond motifs is 27. The average molecular weight is 1850 g/mol. The first-order valence-corrected chi connectivity index (χ1v) is 49.8. The highest BCUT2D eigenvalue weighted by Crippen LogP contribution is 2.58. The molecular formula is C137H97N3O4. The molecule has 3 aliphatic rings. The van der Waals surface area contributed by atoms with Crippen LogP contribution in [-0.2, 0) is 16.2 Å². The molecule has 684 valence electrons. The van der Waals surface area contributed by atoms with Gasteiger partial charge in [0.2, 0.25) is 0 Å². The summed E-state index contributed by atoms with van der Waals surface area (Å²) in [6, 6.07) is 172. The average Bonchev–Trinajstić information content (AvgIpc) is 1.55. The molecule has 22 aromatic carbocycles. The first kappa shape index (κ1) is 85.2. The van der Waals surface area contributed by atoms with Crippen LogP contribution in [0.4, 0.5) is 51.2 Å². The highest BCUT2D eigenvalue weighted by molar-refractivity contribution is 6.24. The number of hydrogen-bond acceptors (Lipinski definition) is 7. The van der Waals surface area contributed by atoms with Gasteiger partial charge in [-0.15, -0.1) is 0 Å². The Morgan fingerprint density at radius 3 is 1.09 bits per heavy atom. The second kappa shape index (κ2) is 33.6.